The number of carbonyl (C=O) groups is 4. The summed E-state index contributed by atoms with van der Waals surface area (Å²) in [5.74, 6) is -0.729. The second-order valence-corrected chi connectivity index (χ2v) is 29.5. The highest BCUT2D eigenvalue weighted by atomic mass is 31.2. The third kappa shape index (κ3) is 64.8. The highest BCUT2D eigenvalue weighted by molar-refractivity contribution is 7.47. The van der Waals surface area contributed by atoms with Crippen LogP contribution in [0.3, 0.4) is 0 Å². The zero-order valence-corrected chi connectivity index (χ0v) is 60.2. The van der Waals surface area contributed by atoms with Gasteiger partial charge in [-0.05, 0) is 37.5 Å². The van der Waals surface area contributed by atoms with E-state index in [9.17, 15) is 43.2 Å². The Bertz CT molecular complexity index is 1750. The zero-order valence-electron chi connectivity index (χ0n) is 58.4. The van der Waals surface area contributed by atoms with Gasteiger partial charge in [-0.1, -0.05) is 311 Å². The number of aliphatic hydroxyl groups excluding tert-OH is 1. The second-order valence-electron chi connectivity index (χ2n) is 26.6. The van der Waals surface area contributed by atoms with E-state index in [0.29, 0.717) is 37.5 Å². The summed E-state index contributed by atoms with van der Waals surface area (Å²) in [6, 6.07) is 0. The summed E-state index contributed by atoms with van der Waals surface area (Å²) < 4.78 is 68.2. The van der Waals surface area contributed by atoms with Crippen LogP contribution in [0.15, 0.2) is 0 Å². The third-order valence-electron chi connectivity index (χ3n) is 16.5. The smallest absolute Gasteiger partial charge is 0.462 e. The molecule has 0 heterocycles. The van der Waals surface area contributed by atoms with Crippen LogP contribution in [0, 0.1) is 11.8 Å². The number of esters is 4. The third-order valence-corrected chi connectivity index (χ3v) is 18.4. The lowest BCUT2D eigenvalue weighted by Crippen LogP contribution is -2.30. The van der Waals surface area contributed by atoms with Crippen LogP contribution in [-0.4, -0.2) is 96.7 Å². The van der Waals surface area contributed by atoms with Crippen LogP contribution in [-0.2, 0) is 65.4 Å². The van der Waals surface area contributed by atoms with Gasteiger partial charge in [0.15, 0.2) is 12.2 Å². The minimum absolute atomic E-state index is 0.103. The summed E-state index contributed by atoms with van der Waals surface area (Å²) in [7, 11) is -9.90. The molecule has 0 rings (SSSR count). The molecule has 0 spiro atoms. The molecular weight excluding hydrogens is 1190 g/mol. The Morgan fingerprint density at radius 1 is 0.300 bits per heavy atom. The topological polar surface area (TPSA) is 237 Å². The van der Waals surface area contributed by atoms with Crippen molar-refractivity contribution < 1.29 is 80.2 Å². The van der Waals surface area contributed by atoms with Gasteiger partial charge in [0.25, 0.3) is 0 Å². The molecule has 19 heteroatoms. The van der Waals surface area contributed by atoms with Crippen molar-refractivity contribution in [3.05, 3.63) is 0 Å². The number of phosphoric ester groups is 2. The summed E-state index contributed by atoms with van der Waals surface area (Å²) in [6.07, 6.45) is 49.0. The molecule has 0 saturated heterocycles. The number of hydrogen-bond donors (Lipinski definition) is 3. The summed E-state index contributed by atoms with van der Waals surface area (Å²) in [5, 5.41) is 10.6. The first-order valence-corrected chi connectivity index (χ1v) is 40.0. The molecule has 5 atom stereocenters. The number of ether oxygens (including phenoxy) is 4. The fourth-order valence-corrected chi connectivity index (χ4v) is 12.3. The Labute approximate surface area is 549 Å². The van der Waals surface area contributed by atoms with E-state index >= 15 is 0 Å². The van der Waals surface area contributed by atoms with Crippen LogP contribution in [0.4, 0.5) is 0 Å². The van der Waals surface area contributed by atoms with Gasteiger partial charge in [-0.25, -0.2) is 9.13 Å². The quantitative estimate of drug-likeness (QED) is 0.0222. The molecule has 0 aromatic rings. The lowest BCUT2D eigenvalue weighted by atomic mass is 10.0. The van der Waals surface area contributed by atoms with Crippen LogP contribution in [0.5, 0.6) is 0 Å². The second kappa shape index (κ2) is 63.1. The van der Waals surface area contributed by atoms with Crippen molar-refractivity contribution in [2.45, 2.75) is 381 Å². The predicted octanol–water partition coefficient (Wildman–Crippen LogP) is 20.4. The van der Waals surface area contributed by atoms with Crippen LogP contribution >= 0.6 is 15.6 Å². The molecule has 0 aliphatic heterocycles. The van der Waals surface area contributed by atoms with E-state index in [1.807, 2.05) is 0 Å². The van der Waals surface area contributed by atoms with E-state index in [1.54, 1.807) is 0 Å². The van der Waals surface area contributed by atoms with Gasteiger partial charge in [-0.3, -0.25) is 37.3 Å². The maximum absolute atomic E-state index is 13.0. The molecule has 17 nitrogen and oxygen atoms in total. The standard InChI is InChI=1S/C71H138O17P2/c1-7-9-11-13-15-17-18-19-20-21-22-23-24-25-26-27-28-30-36-43-49-55-70(75)87-66(60-82-69(74)54-48-42-37-31-33-39-45-51-63(3)4)61-85-89(77,78)83-57-65(72)58-84-90(79,80)86-62-67(59-81-68(73)53-47-41-35-29-16-14-12-10-8-2)88-71(76)56-50-44-38-32-34-40-46-52-64(5)6/h63-67,72H,7-62H2,1-6H3,(H,77,78)(H,79,80)/t65-,66-,67-/m1/s1. The van der Waals surface area contributed by atoms with Crippen molar-refractivity contribution in [1.82, 2.24) is 0 Å². The zero-order chi connectivity index (χ0) is 66.5. The number of rotatable bonds is 70. The average molecular weight is 1330 g/mol. The SMILES string of the molecule is CCCCCCCCCCCCCCCCCCCCCCCC(=O)O[C@H](COC(=O)CCCCCCCCCC(C)C)COP(=O)(O)OC[C@@H](O)COP(=O)(O)OC[C@@H](COC(=O)CCCCCCCCCCC)OC(=O)CCCCCCCCCC(C)C. The van der Waals surface area contributed by atoms with E-state index in [1.165, 1.54) is 173 Å². The minimum atomic E-state index is -4.95. The molecule has 0 aliphatic rings. The minimum Gasteiger partial charge on any atom is -0.462 e. The van der Waals surface area contributed by atoms with Gasteiger partial charge in [0.05, 0.1) is 26.4 Å². The van der Waals surface area contributed by atoms with Gasteiger partial charge in [-0.15, -0.1) is 0 Å². The fourth-order valence-electron chi connectivity index (χ4n) is 10.8. The first-order valence-electron chi connectivity index (χ1n) is 37.0. The Morgan fingerprint density at radius 3 is 0.756 bits per heavy atom. The molecule has 3 N–H and O–H groups in total. The van der Waals surface area contributed by atoms with Crippen molar-refractivity contribution >= 4 is 39.5 Å². The van der Waals surface area contributed by atoms with Gasteiger partial charge >= 0.3 is 39.5 Å². The Balaban J connectivity index is 5.14. The Kier molecular flexibility index (Phi) is 61.8. The maximum atomic E-state index is 13.0. The summed E-state index contributed by atoms with van der Waals surface area (Å²) in [6.45, 7) is 9.41. The van der Waals surface area contributed by atoms with Gasteiger partial charge in [-0.2, -0.15) is 0 Å². The maximum Gasteiger partial charge on any atom is 0.472 e. The van der Waals surface area contributed by atoms with Crippen molar-refractivity contribution in [2.75, 3.05) is 39.6 Å². The van der Waals surface area contributed by atoms with Gasteiger partial charge in [0.2, 0.25) is 0 Å². The first-order chi connectivity index (χ1) is 43.4. The molecule has 0 saturated carbocycles. The molecule has 90 heavy (non-hydrogen) atoms. The molecule has 534 valence electrons. The fraction of sp³-hybridized carbons (Fsp3) is 0.944. The normalized spacial score (nSPS) is 14.1. The van der Waals surface area contributed by atoms with E-state index in [4.69, 9.17) is 37.0 Å². The molecule has 2 unspecified atom stereocenters. The first kappa shape index (κ1) is 88.1. The molecule has 0 bridgehead atoms. The number of unbranched alkanes of at least 4 members (excludes halogenated alkanes) is 40. The largest absolute Gasteiger partial charge is 0.472 e. The molecule has 0 aliphatic carbocycles. The highest BCUT2D eigenvalue weighted by Gasteiger charge is 2.30. The lowest BCUT2D eigenvalue weighted by molar-refractivity contribution is -0.161. The molecule has 0 radical (unpaired) electrons. The van der Waals surface area contributed by atoms with E-state index in [2.05, 4.69) is 41.5 Å². The van der Waals surface area contributed by atoms with E-state index in [-0.39, 0.29) is 25.7 Å². The average Bonchev–Trinajstić information content (AvgIpc) is 3.50. The van der Waals surface area contributed by atoms with Crippen LogP contribution < -0.4 is 0 Å². The van der Waals surface area contributed by atoms with Crippen molar-refractivity contribution in [1.29, 1.82) is 0 Å². The molecule has 0 aromatic heterocycles. The van der Waals surface area contributed by atoms with Crippen LogP contribution in [0.25, 0.3) is 0 Å². The van der Waals surface area contributed by atoms with Crippen LogP contribution in [0.1, 0.15) is 363 Å². The van der Waals surface area contributed by atoms with E-state index < -0.39 is 97.5 Å². The van der Waals surface area contributed by atoms with Crippen molar-refractivity contribution in [2.24, 2.45) is 11.8 Å². The van der Waals surface area contributed by atoms with Crippen molar-refractivity contribution in [3.8, 4) is 0 Å². The van der Waals surface area contributed by atoms with E-state index in [0.717, 1.165) is 96.3 Å². The summed E-state index contributed by atoms with van der Waals surface area (Å²) in [5.41, 5.74) is 0. The predicted molar refractivity (Wildman–Crippen MR) is 363 cm³/mol. The summed E-state index contributed by atoms with van der Waals surface area (Å²) >= 11 is 0. The number of hydrogen-bond acceptors (Lipinski definition) is 15. The van der Waals surface area contributed by atoms with Gasteiger partial charge < -0.3 is 33.8 Å². The molecular formula is C71H138O17P2. The molecule has 0 amide bonds. The van der Waals surface area contributed by atoms with Crippen molar-refractivity contribution in [3.63, 3.8) is 0 Å². The Hall–Kier alpha value is -1.94. The summed E-state index contributed by atoms with van der Waals surface area (Å²) in [4.78, 5) is 72.4. The highest BCUT2D eigenvalue weighted by Crippen LogP contribution is 2.45. The van der Waals surface area contributed by atoms with Gasteiger partial charge in [0.1, 0.15) is 19.3 Å². The molecule has 0 fully saturated rings. The number of aliphatic hydroxyl groups is 1. The van der Waals surface area contributed by atoms with Gasteiger partial charge in [0, 0.05) is 25.7 Å². The van der Waals surface area contributed by atoms with Crippen LogP contribution in [0.2, 0.25) is 0 Å². The number of phosphoric acid groups is 2. The molecule has 0 aromatic carbocycles. The number of carbonyl (C=O) groups excluding carboxylic acids is 4. The monoisotopic (exact) mass is 1320 g/mol. The Morgan fingerprint density at radius 2 is 0.511 bits per heavy atom. The lowest BCUT2D eigenvalue weighted by Gasteiger charge is -2.21.